The first-order chi connectivity index (χ1) is 7.73. The summed E-state index contributed by atoms with van der Waals surface area (Å²) in [5.74, 6) is 0. The first kappa shape index (κ1) is 10.3. The van der Waals surface area contributed by atoms with Gasteiger partial charge in [0.2, 0.25) is 0 Å². The number of nitrogens with zero attached hydrogens (tertiary/aromatic N) is 1. The Morgan fingerprint density at radius 2 is 2.06 bits per heavy atom. The van der Waals surface area contributed by atoms with Crippen LogP contribution in [0, 0.1) is 0 Å². The number of halogens is 1. The lowest BCUT2D eigenvalue weighted by molar-refractivity contribution is 0.429. The number of hydrogen-bond acceptors (Lipinski definition) is 2. The molecule has 3 rings (SSSR count). The summed E-state index contributed by atoms with van der Waals surface area (Å²) >= 11 is 6.21. The van der Waals surface area contributed by atoms with Crippen molar-refractivity contribution >= 4 is 23.0 Å². The second-order valence-corrected chi connectivity index (χ2v) is 5.39. The second kappa shape index (κ2) is 3.56. The normalized spacial score (nSPS) is 22.0. The maximum atomic E-state index is 6.21. The summed E-state index contributed by atoms with van der Waals surface area (Å²) in [5, 5.41) is 4.35. The van der Waals surface area contributed by atoms with Crippen LogP contribution in [0.3, 0.4) is 0 Å². The Balaban J connectivity index is 2.05. The fourth-order valence-corrected chi connectivity index (χ4v) is 3.38. The van der Waals surface area contributed by atoms with E-state index in [0.29, 0.717) is 5.54 Å². The average Bonchev–Trinajstić information content (AvgIpc) is 2.75. The van der Waals surface area contributed by atoms with E-state index >= 15 is 0 Å². The van der Waals surface area contributed by atoms with Gasteiger partial charge in [0.15, 0.2) is 0 Å². The van der Waals surface area contributed by atoms with Crippen LogP contribution in [-0.4, -0.2) is 19.1 Å². The SMILES string of the molecule is CN1c2cccc(Cl)c2NCC12CCCC2. The molecule has 86 valence electrons. The van der Waals surface area contributed by atoms with Crippen molar-refractivity contribution in [1.82, 2.24) is 0 Å². The summed E-state index contributed by atoms with van der Waals surface area (Å²) in [6, 6.07) is 6.15. The summed E-state index contributed by atoms with van der Waals surface area (Å²) in [4.78, 5) is 2.44. The summed E-state index contributed by atoms with van der Waals surface area (Å²) in [5.41, 5.74) is 2.68. The van der Waals surface area contributed by atoms with E-state index in [0.717, 1.165) is 17.3 Å². The van der Waals surface area contributed by atoms with Gasteiger partial charge in [0.25, 0.3) is 0 Å². The topological polar surface area (TPSA) is 15.3 Å². The molecule has 0 aromatic heterocycles. The Kier molecular flexibility index (Phi) is 2.28. The van der Waals surface area contributed by atoms with Crippen molar-refractivity contribution in [2.45, 2.75) is 31.2 Å². The number of rotatable bonds is 0. The van der Waals surface area contributed by atoms with E-state index in [1.54, 1.807) is 0 Å². The molecular formula is C13H17ClN2. The van der Waals surface area contributed by atoms with Crippen molar-refractivity contribution < 1.29 is 0 Å². The first-order valence-corrected chi connectivity index (χ1v) is 6.37. The number of hydrogen-bond donors (Lipinski definition) is 1. The van der Waals surface area contributed by atoms with E-state index in [-0.39, 0.29) is 0 Å². The maximum absolute atomic E-state index is 6.21. The summed E-state index contributed by atoms with van der Waals surface area (Å²) in [6.07, 6.45) is 5.29. The van der Waals surface area contributed by atoms with Gasteiger partial charge in [-0.25, -0.2) is 0 Å². The van der Waals surface area contributed by atoms with E-state index < -0.39 is 0 Å². The quantitative estimate of drug-likeness (QED) is 0.742. The number of anilines is 2. The van der Waals surface area contributed by atoms with Gasteiger partial charge in [-0.05, 0) is 25.0 Å². The minimum absolute atomic E-state index is 0.331. The molecule has 1 fully saturated rings. The fourth-order valence-electron chi connectivity index (χ4n) is 3.14. The van der Waals surface area contributed by atoms with Crippen molar-refractivity contribution in [3.05, 3.63) is 23.2 Å². The fraction of sp³-hybridized carbons (Fsp3) is 0.538. The molecule has 0 radical (unpaired) electrons. The third-order valence-corrected chi connectivity index (χ3v) is 4.51. The van der Waals surface area contributed by atoms with Gasteiger partial charge in [0.1, 0.15) is 0 Å². The van der Waals surface area contributed by atoms with Crippen molar-refractivity contribution in [3.8, 4) is 0 Å². The van der Waals surface area contributed by atoms with E-state index in [1.165, 1.54) is 31.4 Å². The highest BCUT2D eigenvalue weighted by Crippen LogP contribution is 2.45. The molecule has 2 nitrogen and oxygen atoms in total. The van der Waals surface area contributed by atoms with Crippen LogP contribution in [0.1, 0.15) is 25.7 Å². The molecule has 1 aliphatic carbocycles. The lowest BCUT2D eigenvalue weighted by atomic mass is 9.92. The van der Waals surface area contributed by atoms with Crippen LogP contribution < -0.4 is 10.2 Å². The summed E-state index contributed by atoms with van der Waals surface area (Å²) < 4.78 is 0. The van der Waals surface area contributed by atoms with Crippen LogP contribution in [0.4, 0.5) is 11.4 Å². The average molecular weight is 237 g/mol. The predicted octanol–water partition coefficient (Wildman–Crippen LogP) is 3.51. The van der Waals surface area contributed by atoms with Gasteiger partial charge in [-0.2, -0.15) is 0 Å². The lowest BCUT2D eigenvalue weighted by Crippen LogP contribution is -2.52. The molecule has 0 bridgehead atoms. The van der Waals surface area contributed by atoms with Gasteiger partial charge in [0.05, 0.1) is 21.9 Å². The number of para-hydroxylation sites is 1. The van der Waals surface area contributed by atoms with Crippen LogP contribution in [0.2, 0.25) is 5.02 Å². The Hall–Kier alpha value is -0.890. The predicted molar refractivity (Wildman–Crippen MR) is 69.5 cm³/mol. The largest absolute Gasteiger partial charge is 0.380 e. The second-order valence-electron chi connectivity index (χ2n) is 4.98. The Morgan fingerprint density at radius 1 is 1.31 bits per heavy atom. The number of fused-ring (bicyclic) bond motifs is 1. The summed E-state index contributed by atoms with van der Waals surface area (Å²) in [6.45, 7) is 1.03. The minimum atomic E-state index is 0.331. The van der Waals surface area contributed by atoms with Crippen molar-refractivity contribution in [2.75, 3.05) is 23.8 Å². The Bertz CT molecular complexity index is 410. The zero-order chi connectivity index (χ0) is 11.2. The minimum Gasteiger partial charge on any atom is -0.380 e. The van der Waals surface area contributed by atoms with E-state index in [9.17, 15) is 0 Å². The smallest absolute Gasteiger partial charge is 0.0768 e. The molecule has 0 atom stereocenters. The van der Waals surface area contributed by atoms with Gasteiger partial charge in [0, 0.05) is 13.6 Å². The van der Waals surface area contributed by atoms with Crippen molar-refractivity contribution in [2.24, 2.45) is 0 Å². The zero-order valence-electron chi connectivity index (χ0n) is 9.59. The molecule has 1 aromatic carbocycles. The van der Waals surface area contributed by atoms with Gasteiger partial charge in [-0.15, -0.1) is 0 Å². The Morgan fingerprint density at radius 3 is 2.81 bits per heavy atom. The van der Waals surface area contributed by atoms with E-state index in [4.69, 9.17) is 11.6 Å². The molecular weight excluding hydrogens is 220 g/mol. The highest BCUT2D eigenvalue weighted by atomic mass is 35.5. The molecule has 16 heavy (non-hydrogen) atoms. The molecule has 0 unspecified atom stereocenters. The number of benzene rings is 1. The molecule has 1 saturated carbocycles. The van der Waals surface area contributed by atoms with E-state index in [2.05, 4.69) is 23.3 Å². The maximum Gasteiger partial charge on any atom is 0.0768 e. The standard InChI is InChI=1S/C13H17ClN2/c1-16-11-6-4-5-10(14)12(11)15-9-13(16)7-2-3-8-13/h4-6,15H,2-3,7-9H2,1H3. The van der Waals surface area contributed by atoms with Gasteiger partial charge < -0.3 is 10.2 Å². The molecule has 1 aliphatic heterocycles. The lowest BCUT2D eigenvalue weighted by Gasteiger charge is -2.45. The monoisotopic (exact) mass is 236 g/mol. The highest BCUT2D eigenvalue weighted by Gasteiger charge is 2.41. The molecule has 0 amide bonds. The molecule has 1 aromatic rings. The van der Waals surface area contributed by atoms with Crippen LogP contribution >= 0.6 is 11.6 Å². The van der Waals surface area contributed by atoms with Crippen LogP contribution in [0.15, 0.2) is 18.2 Å². The molecule has 0 saturated heterocycles. The van der Waals surface area contributed by atoms with Crippen molar-refractivity contribution in [3.63, 3.8) is 0 Å². The molecule has 1 N–H and O–H groups in total. The van der Waals surface area contributed by atoms with Gasteiger partial charge in [-0.3, -0.25) is 0 Å². The van der Waals surface area contributed by atoms with Crippen LogP contribution in [-0.2, 0) is 0 Å². The third-order valence-electron chi connectivity index (χ3n) is 4.19. The van der Waals surface area contributed by atoms with Gasteiger partial charge in [-0.1, -0.05) is 30.5 Å². The third kappa shape index (κ3) is 1.32. The van der Waals surface area contributed by atoms with E-state index in [1.807, 2.05) is 12.1 Å². The first-order valence-electron chi connectivity index (χ1n) is 5.99. The molecule has 1 heterocycles. The number of nitrogens with one attached hydrogen (secondary N) is 1. The zero-order valence-corrected chi connectivity index (χ0v) is 10.3. The van der Waals surface area contributed by atoms with Crippen molar-refractivity contribution in [1.29, 1.82) is 0 Å². The molecule has 2 aliphatic rings. The number of likely N-dealkylation sites (N-methyl/N-ethyl adjacent to an activating group) is 1. The van der Waals surface area contributed by atoms with Gasteiger partial charge >= 0.3 is 0 Å². The van der Waals surface area contributed by atoms with Crippen LogP contribution in [0.25, 0.3) is 0 Å². The molecule has 3 heteroatoms. The highest BCUT2D eigenvalue weighted by molar-refractivity contribution is 6.34. The molecule has 1 spiro atoms. The van der Waals surface area contributed by atoms with Crippen LogP contribution in [0.5, 0.6) is 0 Å². The summed E-state index contributed by atoms with van der Waals surface area (Å²) in [7, 11) is 2.21. The Labute approximate surface area is 102 Å².